The maximum Gasteiger partial charge on any atom is 0.174 e. The average molecular weight is 203 g/mol. The quantitative estimate of drug-likeness (QED) is 0.755. The van der Waals surface area contributed by atoms with Crippen molar-refractivity contribution in [3.8, 4) is 17.6 Å². The van der Waals surface area contributed by atoms with Crippen LogP contribution < -0.4 is 9.47 Å². The first-order chi connectivity index (χ1) is 7.31. The molecular weight excluding hydrogens is 190 g/mol. The number of nitriles is 1. The minimum Gasteiger partial charge on any atom is -0.493 e. The van der Waals surface area contributed by atoms with Crippen LogP contribution >= 0.6 is 0 Å². The molecule has 0 spiro atoms. The molecule has 1 aromatic carbocycles. The minimum absolute atomic E-state index is 0.0271. The SMILES string of the molecule is C/C=C/c1ccc(OCC#N)c(OC)c1. The molecular formula is C12H13NO2. The lowest BCUT2D eigenvalue weighted by Gasteiger charge is -2.08. The second-order valence-corrected chi connectivity index (χ2v) is 2.86. The van der Waals surface area contributed by atoms with Crippen LogP contribution in [0.4, 0.5) is 0 Å². The average Bonchev–Trinajstić information content (AvgIpc) is 2.27. The second-order valence-electron chi connectivity index (χ2n) is 2.86. The second kappa shape index (κ2) is 5.71. The summed E-state index contributed by atoms with van der Waals surface area (Å²) in [6.07, 6.45) is 3.92. The molecule has 0 aliphatic carbocycles. The predicted molar refractivity (Wildman–Crippen MR) is 58.8 cm³/mol. The van der Waals surface area contributed by atoms with Gasteiger partial charge in [0.2, 0.25) is 0 Å². The molecule has 78 valence electrons. The molecule has 0 fully saturated rings. The third kappa shape index (κ3) is 3.03. The predicted octanol–water partition coefficient (Wildman–Crippen LogP) is 2.63. The summed E-state index contributed by atoms with van der Waals surface area (Å²) in [5, 5.41) is 8.40. The summed E-state index contributed by atoms with van der Waals surface area (Å²) in [5.74, 6) is 1.23. The number of hydrogen-bond acceptors (Lipinski definition) is 3. The summed E-state index contributed by atoms with van der Waals surface area (Å²) in [5.41, 5.74) is 1.04. The standard InChI is InChI=1S/C12H13NO2/c1-3-4-10-5-6-11(15-8-7-13)12(9-10)14-2/h3-6,9H,8H2,1-2H3/b4-3+. The molecule has 0 aliphatic heterocycles. The minimum atomic E-state index is 0.0271. The van der Waals surface area contributed by atoms with Gasteiger partial charge in [0, 0.05) is 0 Å². The van der Waals surface area contributed by atoms with E-state index in [4.69, 9.17) is 14.7 Å². The van der Waals surface area contributed by atoms with E-state index < -0.39 is 0 Å². The van der Waals surface area contributed by atoms with Crippen LogP contribution in [0.2, 0.25) is 0 Å². The smallest absolute Gasteiger partial charge is 0.174 e. The molecule has 15 heavy (non-hydrogen) atoms. The Morgan fingerprint density at radius 2 is 2.20 bits per heavy atom. The lowest BCUT2D eigenvalue weighted by atomic mass is 10.2. The fraction of sp³-hybridized carbons (Fsp3) is 0.250. The van der Waals surface area contributed by atoms with Gasteiger partial charge in [-0.05, 0) is 24.6 Å². The van der Waals surface area contributed by atoms with Gasteiger partial charge in [-0.15, -0.1) is 0 Å². The van der Waals surface area contributed by atoms with Crippen molar-refractivity contribution in [2.75, 3.05) is 13.7 Å². The van der Waals surface area contributed by atoms with Crippen LogP contribution in [-0.4, -0.2) is 13.7 Å². The molecule has 0 radical (unpaired) electrons. The van der Waals surface area contributed by atoms with Crippen LogP contribution in [0.25, 0.3) is 6.08 Å². The van der Waals surface area contributed by atoms with E-state index in [-0.39, 0.29) is 6.61 Å². The number of nitrogens with zero attached hydrogens (tertiary/aromatic N) is 1. The van der Waals surface area contributed by atoms with Crippen molar-refractivity contribution in [1.29, 1.82) is 5.26 Å². The summed E-state index contributed by atoms with van der Waals surface area (Å²) in [4.78, 5) is 0. The highest BCUT2D eigenvalue weighted by molar-refractivity contribution is 5.55. The Morgan fingerprint density at radius 3 is 2.80 bits per heavy atom. The summed E-state index contributed by atoms with van der Waals surface area (Å²) < 4.78 is 10.4. The van der Waals surface area contributed by atoms with Crippen molar-refractivity contribution in [3.63, 3.8) is 0 Å². The number of rotatable bonds is 4. The highest BCUT2D eigenvalue weighted by Gasteiger charge is 2.03. The highest BCUT2D eigenvalue weighted by atomic mass is 16.5. The fourth-order valence-corrected chi connectivity index (χ4v) is 1.21. The van der Waals surface area contributed by atoms with Gasteiger partial charge in [0.05, 0.1) is 7.11 Å². The Labute approximate surface area is 89.6 Å². The third-order valence-corrected chi connectivity index (χ3v) is 1.84. The van der Waals surface area contributed by atoms with Crippen molar-refractivity contribution in [3.05, 3.63) is 29.8 Å². The normalized spacial score (nSPS) is 9.93. The molecule has 0 saturated heterocycles. The van der Waals surface area contributed by atoms with E-state index in [0.717, 1.165) is 5.56 Å². The highest BCUT2D eigenvalue weighted by Crippen LogP contribution is 2.28. The van der Waals surface area contributed by atoms with Gasteiger partial charge in [-0.3, -0.25) is 0 Å². The van der Waals surface area contributed by atoms with Crippen LogP contribution in [0.1, 0.15) is 12.5 Å². The van der Waals surface area contributed by atoms with Crippen LogP contribution in [0.3, 0.4) is 0 Å². The van der Waals surface area contributed by atoms with E-state index in [9.17, 15) is 0 Å². The summed E-state index contributed by atoms with van der Waals surface area (Å²) in [7, 11) is 1.58. The lowest BCUT2D eigenvalue weighted by Crippen LogP contribution is -1.96. The molecule has 1 rings (SSSR count). The van der Waals surface area contributed by atoms with Crippen LogP contribution in [0.15, 0.2) is 24.3 Å². The summed E-state index contributed by atoms with van der Waals surface area (Å²) in [6, 6.07) is 7.49. The van der Waals surface area contributed by atoms with Crippen LogP contribution in [0.5, 0.6) is 11.5 Å². The van der Waals surface area contributed by atoms with Gasteiger partial charge in [-0.25, -0.2) is 0 Å². The molecule has 0 unspecified atom stereocenters. The number of ether oxygens (including phenoxy) is 2. The maximum absolute atomic E-state index is 8.40. The number of hydrogen-bond donors (Lipinski definition) is 0. The Balaban J connectivity index is 2.94. The van der Waals surface area contributed by atoms with E-state index >= 15 is 0 Å². The van der Waals surface area contributed by atoms with Gasteiger partial charge in [0.25, 0.3) is 0 Å². The monoisotopic (exact) mass is 203 g/mol. The molecule has 0 aromatic heterocycles. The van der Waals surface area contributed by atoms with Crippen molar-refractivity contribution in [1.82, 2.24) is 0 Å². The third-order valence-electron chi connectivity index (χ3n) is 1.84. The van der Waals surface area contributed by atoms with Gasteiger partial charge >= 0.3 is 0 Å². The first-order valence-electron chi connectivity index (χ1n) is 4.62. The van der Waals surface area contributed by atoms with Crippen LogP contribution in [-0.2, 0) is 0 Å². The molecule has 0 atom stereocenters. The van der Waals surface area contributed by atoms with E-state index in [2.05, 4.69) is 0 Å². The van der Waals surface area contributed by atoms with E-state index in [1.54, 1.807) is 13.2 Å². The van der Waals surface area contributed by atoms with Crippen molar-refractivity contribution < 1.29 is 9.47 Å². The molecule has 0 heterocycles. The zero-order valence-electron chi connectivity index (χ0n) is 8.86. The Kier molecular flexibility index (Phi) is 4.24. The van der Waals surface area contributed by atoms with Gasteiger partial charge in [0.15, 0.2) is 18.1 Å². The van der Waals surface area contributed by atoms with Crippen molar-refractivity contribution in [2.45, 2.75) is 6.92 Å². The molecule has 0 N–H and O–H groups in total. The molecule has 3 nitrogen and oxygen atoms in total. The zero-order chi connectivity index (χ0) is 11.1. The zero-order valence-corrected chi connectivity index (χ0v) is 8.86. The van der Waals surface area contributed by atoms with E-state index in [0.29, 0.717) is 11.5 Å². The summed E-state index contributed by atoms with van der Waals surface area (Å²) >= 11 is 0. The molecule has 0 saturated carbocycles. The fourth-order valence-electron chi connectivity index (χ4n) is 1.21. The van der Waals surface area contributed by atoms with Crippen LogP contribution in [0, 0.1) is 11.3 Å². The summed E-state index contributed by atoms with van der Waals surface area (Å²) in [6.45, 7) is 1.98. The number of benzene rings is 1. The lowest BCUT2D eigenvalue weighted by molar-refractivity contribution is 0.329. The number of allylic oxidation sites excluding steroid dienone is 1. The maximum atomic E-state index is 8.40. The van der Waals surface area contributed by atoms with Crippen molar-refractivity contribution >= 4 is 6.08 Å². The largest absolute Gasteiger partial charge is 0.493 e. The molecule has 0 bridgehead atoms. The first kappa shape index (κ1) is 11.1. The van der Waals surface area contributed by atoms with Gasteiger partial charge < -0.3 is 9.47 Å². The first-order valence-corrected chi connectivity index (χ1v) is 4.62. The van der Waals surface area contributed by atoms with E-state index in [1.165, 1.54) is 0 Å². The van der Waals surface area contributed by atoms with Gasteiger partial charge in [-0.2, -0.15) is 5.26 Å². The Morgan fingerprint density at radius 1 is 1.40 bits per heavy atom. The Bertz CT molecular complexity index is 391. The van der Waals surface area contributed by atoms with Gasteiger partial charge in [-0.1, -0.05) is 18.2 Å². The molecule has 1 aromatic rings. The van der Waals surface area contributed by atoms with Gasteiger partial charge in [0.1, 0.15) is 6.07 Å². The van der Waals surface area contributed by atoms with Crippen molar-refractivity contribution in [2.24, 2.45) is 0 Å². The molecule has 3 heteroatoms. The van der Waals surface area contributed by atoms with E-state index in [1.807, 2.05) is 37.3 Å². The number of methoxy groups -OCH3 is 1. The topological polar surface area (TPSA) is 42.2 Å². The Hall–Kier alpha value is -1.95. The molecule has 0 aliphatic rings. The molecule has 0 amide bonds.